The molecule has 1 unspecified atom stereocenters. The molecule has 0 aliphatic rings. The van der Waals surface area contributed by atoms with Crippen LogP contribution in [0.1, 0.15) is 19.4 Å². The highest BCUT2D eigenvalue weighted by atomic mass is 35.5. The van der Waals surface area contributed by atoms with Crippen LogP contribution in [0.25, 0.3) is 0 Å². The number of amides is 1. The van der Waals surface area contributed by atoms with Gasteiger partial charge in [0.05, 0.1) is 12.6 Å². The third kappa shape index (κ3) is 6.32. The fraction of sp³-hybridized carbons (Fsp3) is 0.562. The first-order valence-electron chi connectivity index (χ1n) is 7.46. The Morgan fingerprint density at radius 1 is 1.23 bits per heavy atom. The molecule has 0 heterocycles. The molecule has 0 aliphatic heterocycles. The van der Waals surface area contributed by atoms with Crippen molar-refractivity contribution in [3.63, 3.8) is 0 Å². The second-order valence-corrected chi connectivity index (χ2v) is 5.43. The second-order valence-electron chi connectivity index (χ2n) is 5.00. The summed E-state index contributed by atoms with van der Waals surface area (Å²) in [6.07, 6.45) is 0.0422. The van der Waals surface area contributed by atoms with Crippen LogP contribution in [0.5, 0.6) is 0 Å². The Morgan fingerprint density at radius 3 is 2.27 bits per heavy atom. The summed E-state index contributed by atoms with van der Waals surface area (Å²) in [7, 11) is 1.70. The molecule has 1 aromatic rings. The predicted molar refractivity (Wildman–Crippen MR) is 87.8 cm³/mol. The van der Waals surface area contributed by atoms with E-state index in [0.717, 1.165) is 5.56 Å². The van der Waals surface area contributed by atoms with Crippen LogP contribution in [-0.2, 0) is 20.7 Å². The van der Waals surface area contributed by atoms with Crippen LogP contribution >= 0.6 is 11.6 Å². The summed E-state index contributed by atoms with van der Waals surface area (Å²) in [4.78, 5) is 13.9. The van der Waals surface area contributed by atoms with Gasteiger partial charge in [-0.2, -0.15) is 0 Å². The Morgan fingerprint density at radius 2 is 1.77 bits per heavy atom. The minimum Gasteiger partial charge on any atom is -0.351 e. The van der Waals surface area contributed by atoms with E-state index >= 15 is 0 Å². The summed E-state index contributed by atoms with van der Waals surface area (Å²) in [6, 6.07) is 6.72. The predicted octanol–water partition coefficient (Wildman–Crippen LogP) is 2.07. The quantitative estimate of drug-likeness (QED) is 0.705. The third-order valence-electron chi connectivity index (χ3n) is 3.19. The summed E-state index contributed by atoms with van der Waals surface area (Å²) >= 11 is 5.84. The maximum Gasteiger partial charge on any atom is 0.239 e. The molecule has 1 atom stereocenters. The van der Waals surface area contributed by atoms with Crippen molar-refractivity contribution in [1.29, 1.82) is 0 Å². The molecule has 0 aliphatic carbocycles. The molecule has 0 radical (unpaired) electrons. The Balaban J connectivity index is 2.55. The fourth-order valence-electron chi connectivity index (χ4n) is 2.08. The maximum atomic E-state index is 12.3. The molecule has 22 heavy (non-hydrogen) atoms. The first-order valence-corrected chi connectivity index (χ1v) is 7.83. The number of likely N-dealkylation sites (N-methyl/N-ethyl adjacent to an activating group) is 1. The largest absolute Gasteiger partial charge is 0.351 e. The second kappa shape index (κ2) is 9.79. The number of hydrogen-bond acceptors (Lipinski definition) is 4. The van der Waals surface area contributed by atoms with E-state index < -0.39 is 12.3 Å². The van der Waals surface area contributed by atoms with Crippen LogP contribution < -0.4 is 5.73 Å². The van der Waals surface area contributed by atoms with Crippen molar-refractivity contribution in [2.24, 2.45) is 5.73 Å². The summed E-state index contributed by atoms with van der Waals surface area (Å²) in [5.41, 5.74) is 6.98. The van der Waals surface area contributed by atoms with Gasteiger partial charge in [0.25, 0.3) is 0 Å². The number of carbonyl (C=O) groups is 1. The Kier molecular flexibility index (Phi) is 8.42. The van der Waals surface area contributed by atoms with Crippen LogP contribution in [0, 0.1) is 0 Å². The lowest BCUT2D eigenvalue weighted by molar-refractivity contribution is -0.157. The smallest absolute Gasteiger partial charge is 0.239 e. The number of ether oxygens (including phenoxy) is 2. The minimum absolute atomic E-state index is 0.139. The van der Waals surface area contributed by atoms with Crippen molar-refractivity contribution in [3.8, 4) is 0 Å². The van der Waals surface area contributed by atoms with Gasteiger partial charge < -0.3 is 20.1 Å². The van der Waals surface area contributed by atoms with Gasteiger partial charge in [0.1, 0.15) is 0 Å². The van der Waals surface area contributed by atoms with Crippen molar-refractivity contribution >= 4 is 17.5 Å². The number of nitrogens with zero attached hydrogens (tertiary/aromatic N) is 1. The molecular weight excluding hydrogens is 304 g/mol. The average molecular weight is 329 g/mol. The number of halogens is 1. The number of carbonyl (C=O) groups excluding carboxylic acids is 1. The molecule has 2 N–H and O–H groups in total. The highest BCUT2D eigenvalue weighted by Gasteiger charge is 2.21. The number of hydrogen-bond donors (Lipinski definition) is 1. The Hall–Kier alpha value is -1.14. The lowest BCUT2D eigenvalue weighted by Gasteiger charge is -2.26. The first-order chi connectivity index (χ1) is 10.5. The van der Waals surface area contributed by atoms with E-state index in [9.17, 15) is 4.79 Å². The molecule has 0 saturated carbocycles. The van der Waals surface area contributed by atoms with E-state index in [1.807, 2.05) is 26.0 Å². The van der Waals surface area contributed by atoms with Crippen molar-refractivity contribution in [2.45, 2.75) is 32.6 Å². The fourth-order valence-corrected chi connectivity index (χ4v) is 2.21. The molecule has 6 heteroatoms. The highest BCUT2D eigenvalue weighted by molar-refractivity contribution is 6.30. The topological polar surface area (TPSA) is 64.8 Å². The van der Waals surface area contributed by atoms with Gasteiger partial charge in [-0.1, -0.05) is 23.7 Å². The van der Waals surface area contributed by atoms with E-state index in [2.05, 4.69) is 0 Å². The first kappa shape index (κ1) is 18.9. The standard InChI is InChI=1S/C16H25ClN2O3/c1-4-21-15(22-5-2)11-19(3)16(20)14(18)10-12-6-8-13(17)9-7-12/h6-9,14-15H,4-5,10-11,18H2,1-3H3. The molecule has 124 valence electrons. The summed E-state index contributed by atoms with van der Waals surface area (Å²) in [5.74, 6) is -0.139. The van der Waals surface area contributed by atoms with Crippen LogP contribution in [0.15, 0.2) is 24.3 Å². The van der Waals surface area contributed by atoms with E-state index in [1.165, 1.54) is 0 Å². The van der Waals surface area contributed by atoms with Gasteiger partial charge in [0.2, 0.25) is 5.91 Å². The van der Waals surface area contributed by atoms with Gasteiger partial charge in [-0.25, -0.2) is 0 Å². The van der Waals surface area contributed by atoms with Crippen LogP contribution in [0.3, 0.4) is 0 Å². The molecule has 0 saturated heterocycles. The van der Waals surface area contributed by atoms with Gasteiger partial charge >= 0.3 is 0 Å². The molecule has 0 fully saturated rings. The summed E-state index contributed by atoms with van der Waals surface area (Å²) < 4.78 is 10.9. The van der Waals surface area contributed by atoms with E-state index in [0.29, 0.717) is 31.2 Å². The maximum absolute atomic E-state index is 12.3. The van der Waals surface area contributed by atoms with E-state index in [-0.39, 0.29) is 5.91 Å². The molecule has 1 amide bonds. The lowest BCUT2D eigenvalue weighted by Crippen LogP contribution is -2.46. The highest BCUT2D eigenvalue weighted by Crippen LogP contribution is 2.11. The number of rotatable bonds is 9. The zero-order valence-electron chi connectivity index (χ0n) is 13.4. The van der Waals surface area contributed by atoms with E-state index in [1.54, 1.807) is 24.1 Å². The van der Waals surface area contributed by atoms with Crippen LogP contribution in [0.2, 0.25) is 5.02 Å². The van der Waals surface area contributed by atoms with Crippen molar-refractivity contribution in [2.75, 3.05) is 26.8 Å². The number of nitrogens with two attached hydrogens (primary N) is 1. The van der Waals surface area contributed by atoms with Crippen molar-refractivity contribution < 1.29 is 14.3 Å². The van der Waals surface area contributed by atoms with Crippen molar-refractivity contribution in [3.05, 3.63) is 34.9 Å². The van der Waals surface area contributed by atoms with E-state index in [4.69, 9.17) is 26.8 Å². The number of benzene rings is 1. The van der Waals surface area contributed by atoms with Gasteiger partial charge in [-0.3, -0.25) is 4.79 Å². The molecule has 0 aromatic heterocycles. The van der Waals surface area contributed by atoms with Gasteiger partial charge in [0.15, 0.2) is 6.29 Å². The van der Waals surface area contributed by atoms with Gasteiger partial charge in [-0.15, -0.1) is 0 Å². The normalized spacial score (nSPS) is 12.5. The zero-order chi connectivity index (χ0) is 16.5. The molecule has 1 rings (SSSR count). The van der Waals surface area contributed by atoms with Crippen molar-refractivity contribution in [1.82, 2.24) is 4.90 Å². The SMILES string of the molecule is CCOC(CN(C)C(=O)C(N)Cc1ccc(Cl)cc1)OCC. The molecular formula is C16H25ClN2O3. The molecule has 1 aromatic carbocycles. The summed E-state index contributed by atoms with van der Waals surface area (Å²) in [5, 5.41) is 0.664. The summed E-state index contributed by atoms with van der Waals surface area (Å²) in [6.45, 7) is 5.20. The van der Waals surface area contributed by atoms with Crippen LogP contribution in [0.4, 0.5) is 0 Å². The average Bonchev–Trinajstić information content (AvgIpc) is 2.49. The molecule has 5 nitrogen and oxygen atoms in total. The lowest BCUT2D eigenvalue weighted by atomic mass is 10.1. The Bertz CT molecular complexity index is 447. The molecule has 0 spiro atoms. The third-order valence-corrected chi connectivity index (χ3v) is 3.44. The Labute approximate surface area is 137 Å². The van der Waals surface area contributed by atoms with Crippen LogP contribution in [-0.4, -0.2) is 49.9 Å². The molecule has 0 bridgehead atoms. The van der Waals surface area contributed by atoms with Gasteiger partial charge in [0, 0.05) is 25.3 Å². The minimum atomic E-state index is -0.602. The zero-order valence-corrected chi connectivity index (χ0v) is 14.2. The monoisotopic (exact) mass is 328 g/mol. The van der Waals surface area contributed by atoms with Gasteiger partial charge in [-0.05, 0) is 38.0 Å².